The van der Waals surface area contributed by atoms with Gasteiger partial charge in [0, 0.05) is 0 Å². The summed E-state index contributed by atoms with van der Waals surface area (Å²) in [6.07, 6.45) is 12.1. The van der Waals surface area contributed by atoms with Crippen LogP contribution in [0.1, 0.15) is 5.56 Å². The second-order valence-electron chi connectivity index (χ2n) is 3.12. The summed E-state index contributed by atoms with van der Waals surface area (Å²) in [5, 5.41) is 0. The van der Waals surface area contributed by atoms with Crippen molar-refractivity contribution >= 4 is 11.9 Å². The number of carbonyl (C=O) groups excluding carboxylic acids is 1. The van der Waals surface area contributed by atoms with Crippen molar-refractivity contribution in [3.05, 3.63) is 78.9 Å². The van der Waals surface area contributed by atoms with Gasteiger partial charge in [-0.2, -0.15) is 0 Å². The van der Waals surface area contributed by atoms with Crippen LogP contribution in [-0.4, -0.2) is 5.78 Å². The molecule has 0 unspecified atom stereocenters. The maximum absolute atomic E-state index is 10.8. The van der Waals surface area contributed by atoms with Crippen LogP contribution in [0.15, 0.2) is 73.4 Å². The van der Waals surface area contributed by atoms with E-state index in [9.17, 15) is 4.79 Å². The number of hydrogen-bond acceptors (Lipinski definition) is 1. The summed E-state index contributed by atoms with van der Waals surface area (Å²) in [4.78, 5) is 10.8. The molecule has 1 nitrogen and oxygen atoms in total. The van der Waals surface area contributed by atoms with Gasteiger partial charge in [0.05, 0.1) is 0 Å². The van der Waals surface area contributed by atoms with Gasteiger partial charge in [0.2, 0.25) is 0 Å². The van der Waals surface area contributed by atoms with E-state index in [1.165, 1.54) is 12.2 Å². The molecule has 0 fully saturated rings. The van der Waals surface area contributed by atoms with Crippen LogP contribution in [0.5, 0.6) is 0 Å². The van der Waals surface area contributed by atoms with Gasteiger partial charge in [-0.3, -0.25) is 4.79 Å². The van der Waals surface area contributed by atoms with E-state index in [0.717, 1.165) is 5.56 Å². The molecule has 1 rings (SSSR count). The Morgan fingerprint density at radius 2 is 1.69 bits per heavy atom. The average Bonchev–Trinajstić information content (AvgIpc) is 2.34. The molecule has 0 N–H and O–H groups in total. The first-order valence-corrected chi connectivity index (χ1v) is 5.06. The lowest BCUT2D eigenvalue weighted by atomic mass is 10.2. The standard InChI is InChI=1S/C15H14O/c1-2-15(16)13-9-4-3-6-10-14-11-7-5-8-12-14/h2-13H,1H2. The largest absolute Gasteiger partial charge is 0.290 e. The molecule has 0 atom stereocenters. The molecule has 0 radical (unpaired) electrons. The average molecular weight is 210 g/mol. The zero-order valence-electron chi connectivity index (χ0n) is 9.04. The van der Waals surface area contributed by atoms with Crippen LogP contribution in [0.4, 0.5) is 0 Å². The fraction of sp³-hybridized carbons (Fsp3) is 0. The Balaban J connectivity index is 2.43. The topological polar surface area (TPSA) is 17.1 Å². The second kappa shape index (κ2) is 7.18. The highest BCUT2D eigenvalue weighted by molar-refractivity contribution is 5.98. The van der Waals surface area contributed by atoms with Gasteiger partial charge in [0.25, 0.3) is 0 Å². The Labute approximate surface area is 96.1 Å². The second-order valence-corrected chi connectivity index (χ2v) is 3.12. The number of rotatable bonds is 5. The molecule has 1 aromatic carbocycles. The highest BCUT2D eigenvalue weighted by atomic mass is 16.1. The Morgan fingerprint density at radius 1 is 1.00 bits per heavy atom. The summed E-state index contributed by atoms with van der Waals surface area (Å²) in [7, 11) is 0. The summed E-state index contributed by atoms with van der Waals surface area (Å²) >= 11 is 0. The number of allylic oxidation sites excluding steroid dienone is 6. The number of hydrogen-bond donors (Lipinski definition) is 0. The van der Waals surface area contributed by atoms with Crippen LogP contribution < -0.4 is 0 Å². The fourth-order valence-corrected chi connectivity index (χ4v) is 1.08. The molecule has 0 aliphatic rings. The summed E-state index contributed by atoms with van der Waals surface area (Å²) in [6.45, 7) is 3.38. The van der Waals surface area contributed by atoms with E-state index < -0.39 is 0 Å². The minimum Gasteiger partial charge on any atom is -0.290 e. The SMILES string of the molecule is C=CC(=O)C=CC=CC=Cc1ccccc1. The zero-order chi connectivity index (χ0) is 11.6. The molecule has 0 aliphatic heterocycles. The number of ketones is 1. The summed E-state index contributed by atoms with van der Waals surface area (Å²) in [6, 6.07) is 10.0. The van der Waals surface area contributed by atoms with Crippen molar-refractivity contribution in [3.8, 4) is 0 Å². The minimum atomic E-state index is -0.0864. The van der Waals surface area contributed by atoms with Gasteiger partial charge in [-0.25, -0.2) is 0 Å². The molecule has 0 spiro atoms. The highest BCUT2D eigenvalue weighted by Crippen LogP contribution is 2.00. The van der Waals surface area contributed by atoms with E-state index >= 15 is 0 Å². The molecule has 1 heteroatoms. The molecule has 80 valence electrons. The van der Waals surface area contributed by atoms with Gasteiger partial charge in [-0.05, 0) is 17.7 Å². The van der Waals surface area contributed by atoms with Crippen LogP contribution in [-0.2, 0) is 4.79 Å². The van der Waals surface area contributed by atoms with Crippen LogP contribution in [0.3, 0.4) is 0 Å². The van der Waals surface area contributed by atoms with Gasteiger partial charge in [-0.15, -0.1) is 0 Å². The van der Waals surface area contributed by atoms with E-state index in [1.54, 1.807) is 12.2 Å². The van der Waals surface area contributed by atoms with Crippen molar-refractivity contribution in [2.24, 2.45) is 0 Å². The lowest BCUT2D eigenvalue weighted by molar-refractivity contribution is -0.110. The molecule has 0 aliphatic carbocycles. The van der Waals surface area contributed by atoms with Gasteiger partial charge in [0.1, 0.15) is 0 Å². The summed E-state index contributed by atoms with van der Waals surface area (Å²) < 4.78 is 0. The zero-order valence-corrected chi connectivity index (χ0v) is 9.04. The molecule has 0 saturated heterocycles. The van der Waals surface area contributed by atoms with Crippen molar-refractivity contribution < 1.29 is 4.79 Å². The molecule has 0 bridgehead atoms. The van der Waals surface area contributed by atoms with Crippen molar-refractivity contribution in [2.75, 3.05) is 0 Å². The quantitative estimate of drug-likeness (QED) is 0.536. The summed E-state index contributed by atoms with van der Waals surface area (Å²) in [5.74, 6) is -0.0864. The molecule has 0 aromatic heterocycles. The van der Waals surface area contributed by atoms with Crippen LogP contribution in [0.2, 0.25) is 0 Å². The number of carbonyl (C=O) groups is 1. The lowest BCUT2D eigenvalue weighted by Gasteiger charge is -1.87. The van der Waals surface area contributed by atoms with Gasteiger partial charge >= 0.3 is 0 Å². The van der Waals surface area contributed by atoms with Crippen molar-refractivity contribution in [2.45, 2.75) is 0 Å². The van der Waals surface area contributed by atoms with Crippen molar-refractivity contribution in [1.29, 1.82) is 0 Å². The third-order valence-electron chi connectivity index (χ3n) is 1.88. The van der Waals surface area contributed by atoms with Crippen molar-refractivity contribution in [1.82, 2.24) is 0 Å². The third kappa shape index (κ3) is 4.91. The molecule has 16 heavy (non-hydrogen) atoms. The van der Waals surface area contributed by atoms with Gasteiger partial charge in [0.15, 0.2) is 5.78 Å². The van der Waals surface area contributed by atoms with Crippen LogP contribution in [0, 0.1) is 0 Å². The smallest absolute Gasteiger partial charge is 0.178 e. The molecule has 0 amide bonds. The maximum atomic E-state index is 10.8. The first-order valence-electron chi connectivity index (χ1n) is 5.06. The van der Waals surface area contributed by atoms with Crippen LogP contribution >= 0.6 is 0 Å². The Morgan fingerprint density at radius 3 is 2.38 bits per heavy atom. The van der Waals surface area contributed by atoms with Gasteiger partial charge < -0.3 is 0 Å². The summed E-state index contributed by atoms with van der Waals surface area (Å²) in [5.41, 5.74) is 1.15. The van der Waals surface area contributed by atoms with Gasteiger partial charge in [-0.1, -0.05) is 67.3 Å². The molecular weight excluding hydrogens is 196 g/mol. The van der Waals surface area contributed by atoms with E-state index in [1.807, 2.05) is 48.6 Å². The Bertz CT molecular complexity index is 422. The minimum absolute atomic E-state index is 0.0864. The van der Waals surface area contributed by atoms with E-state index in [4.69, 9.17) is 0 Å². The third-order valence-corrected chi connectivity index (χ3v) is 1.88. The normalized spacial score (nSPS) is 11.5. The van der Waals surface area contributed by atoms with Crippen LogP contribution in [0.25, 0.3) is 6.08 Å². The first-order chi connectivity index (χ1) is 7.83. The Hall–Kier alpha value is -2.15. The van der Waals surface area contributed by atoms with E-state index in [2.05, 4.69) is 6.58 Å². The Kier molecular flexibility index (Phi) is 5.35. The molecular formula is C15H14O. The predicted molar refractivity (Wildman–Crippen MR) is 69.0 cm³/mol. The number of benzene rings is 1. The monoisotopic (exact) mass is 210 g/mol. The highest BCUT2D eigenvalue weighted by Gasteiger charge is 1.81. The lowest BCUT2D eigenvalue weighted by Crippen LogP contribution is -1.80. The molecule has 1 aromatic rings. The molecule has 0 saturated carbocycles. The van der Waals surface area contributed by atoms with E-state index in [-0.39, 0.29) is 5.78 Å². The van der Waals surface area contributed by atoms with Crippen molar-refractivity contribution in [3.63, 3.8) is 0 Å². The fourth-order valence-electron chi connectivity index (χ4n) is 1.08. The molecule has 0 heterocycles. The predicted octanol–water partition coefficient (Wildman–Crippen LogP) is 3.57. The first kappa shape index (κ1) is 11.9. The maximum Gasteiger partial charge on any atom is 0.178 e. The van der Waals surface area contributed by atoms with E-state index in [0.29, 0.717) is 0 Å².